The van der Waals surface area contributed by atoms with Crippen LogP contribution >= 0.6 is 0 Å². The van der Waals surface area contributed by atoms with E-state index in [2.05, 4.69) is 17.1 Å². The lowest BCUT2D eigenvalue weighted by molar-refractivity contribution is 0.223. The molecule has 1 aliphatic rings. The maximum absolute atomic E-state index is 13.9. The molecule has 0 aliphatic carbocycles. The second-order valence-electron chi connectivity index (χ2n) is 5.48. The average Bonchev–Trinajstić information content (AvgIpc) is 2.43. The monoisotopic (exact) mass is 281 g/mol. The molecule has 2 rings (SSSR count). The number of benzene rings is 1. The van der Waals surface area contributed by atoms with Gasteiger partial charge in [-0.05, 0) is 32.9 Å². The van der Waals surface area contributed by atoms with Crippen LogP contribution in [0.4, 0.5) is 15.8 Å². The fourth-order valence-corrected chi connectivity index (χ4v) is 2.70. The van der Waals surface area contributed by atoms with Gasteiger partial charge in [0.1, 0.15) is 11.6 Å². The Bertz CT molecular complexity index is 447. The smallest absolute Gasteiger partial charge is 0.148 e. The maximum Gasteiger partial charge on any atom is 0.148 e. The van der Waals surface area contributed by atoms with Crippen LogP contribution in [0.5, 0.6) is 5.75 Å². The van der Waals surface area contributed by atoms with Gasteiger partial charge in [-0.3, -0.25) is 0 Å². The molecule has 0 saturated carbocycles. The lowest BCUT2D eigenvalue weighted by Gasteiger charge is -2.29. The summed E-state index contributed by atoms with van der Waals surface area (Å²) in [6, 6.07) is 3.10. The third-order valence-corrected chi connectivity index (χ3v) is 3.70. The van der Waals surface area contributed by atoms with Crippen LogP contribution in [0.1, 0.15) is 26.2 Å². The van der Waals surface area contributed by atoms with Gasteiger partial charge < -0.3 is 20.7 Å². The molecule has 1 saturated heterocycles. The zero-order chi connectivity index (χ0) is 14.5. The highest BCUT2D eigenvalue weighted by molar-refractivity contribution is 5.62. The molecule has 3 N–H and O–H groups in total. The summed E-state index contributed by atoms with van der Waals surface area (Å²) in [4.78, 5) is 2.42. The molecule has 4 nitrogen and oxygen atoms in total. The predicted octanol–water partition coefficient (Wildman–Crippen LogP) is 2.70. The van der Waals surface area contributed by atoms with Gasteiger partial charge in [-0.2, -0.15) is 0 Å². The Morgan fingerprint density at radius 2 is 2.05 bits per heavy atom. The molecule has 0 bridgehead atoms. The molecule has 1 unspecified atom stereocenters. The first-order chi connectivity index (χ1) is 9.60. The zero-order valence-electron chi connectivity index (χ0n) is 12.3. The predicted molar refractivity (Wildman–Crippen MR) is 80.7 cm³/mol. The Kier molecular flexibility index (Phi) is 5.06. The second kappa shape index (κ2) is 6.79. The molecular formula is C15H24FN3O. The fraction of sp³-hybridized carbons (Fsp3) is 0.600. The van der Waals surface area contributed by atoms with Crippen molar-refractivity contribution in [3.63, 3.8) is 0 Å². The number of methoxy groups -OCH3 is 1. The molecule has 1 heterocycles. The Labute approximate surface area is 120 Å². The summed E-state index contributed by atoms with van der Waals surface area (Å²) in [5, 5.41) is 3.21. The van der Waals surface area contributed by atoms with Gasteiger partial charge in [0, 0.05) is 24.7 Å². The number of rotatable bonds is 5. The number of piperidine rings is 1. The van der Waals surface area contributed by atoms with Crippen LogP contribution < -0.4 is 15.8 Å². The van der Waals surface area contributed by atoms with Crippen molar-refractivity contribution in [2.24, 2.45) is 0 Å². The summed E-state index contributed by atoms with van der Waals surface area (Å²) in [5.74, 6) is 0.160. The Hall–Kier alpha value is -1.49. The molecule has 1 aromatic carbocycles. The maximum atomic E-state index is 13.9. The highest BCUT2D eigenvalue weighted by atomic mass is 19.1. The van der Waals surface area contributed by atoms with Crippen molar-refractivity contribution in [2.75, 3.05) is 37.8 Å². The summed E-state index contributed by atoms with van der Waals surface area (Å²) in [7, 11) is 1.53. The molecule has 5 heteroatoms. The molecule has 1 aliphatic heterocycles. The minimum atomic E-state index is -0.339. The van der Waals surface area contributed by atoms with Crippen molar-refractivity contribution >= 4 is 11.4 Å². The second-order valence-corrected chi connectivity index (χ2v) is 5.48. The third kappa shape index (κ3) is 3.76. The lowest BCUT2D eigenvalue weighted by atomic mass is 10.1. The molecule has 0 spiro atoms. The third-order valence-electron chi connectivity index (χ3n) is 3.70. The molecule has 0 amide bonds. The number of nitrogens with zero attached hydrogens (tertiary/aromatic N) is 1. The first kappa shape index (κ1) is 14.9. The van der Waals surface area contributed by atoms with E-state index < -0.39 is 0 Å². The Morgan fingerprint density at radius 1 is 1.35 bits per heavy atom. The quantitative estimate of drug-likeness (QED) is 0.815. The van der Waals surface area contributed by atoms with Crippen molar-refractivity contribution in [1.82, 2.24) is 4.90 Å². The van der Waals surface area contributed by atoms with Gasteiger partial charge in [0.15, 0.2) is 0 Å². The van der Waals surface area contributed by atoms with Crippen molar-refractivity contribution in [1.29, 1.82) is 0 Å². The first-order valence-corrected chi connectivity index (χ1v) is 7.22. The molecule has 1 fully saturated rings. The van der Waals surface area contributed by atoms with Crippen LogP contribution in [-0.4, -0.2) is 37.7 Å². The van der Waals surface area contributed by atoms with Gasteiger partial charge in [0.2, 0.25) is 0 Å². The first-order valence-electron chi connectivity index (χ1n) is 7.22. The zero-order valence-corrected chi connectivity index (χ0v) is 12.3. The van der Waals surface area contributed by atoms with Crippen LogP contribution in [0.15, 0.2) is 12.1 Å². The summed E-state index contributed by atoms with van der Waals surface area (Å²) >= 11 is 0. The van der Waals surface area contributed by atoms with E-state index in [1.165, 1.54) is 32.4 Å². The summed E-state index contributed by atoms with van der Waals surface area (Å²) in [6.45, 7) is 5.27. The highest BCUT2D eigenvalue weighted by Gasteiger charge is 2.15. The number of halogens is 1. The van der Waals surface area contributed by atoms with Gasteiger partial charge in [-0.1, -0.05) is 6.42 Å². The molecule has 0 aromatic heterocycles. The molecule has 1 aromatic rings. The van der Waals surface area contributed by atoms with E-state index in [9.17, 15) is 4.39 Å². The van der Waals surface area contributed by atoms with Gasteiger partial charge in [0.05, 0.1) is 18.5 Å². The Morgan fingerprint density at radius 3 is 2.70 bits per heavy atom. The van der Waals surface area contributed by atoms with Crippen LogP contribution in [-0.2, 0) is 0 Å². The molecule has 112 valence electrons. The number of likely N-dealkylation sites (tertiary alicyclic amines) is 1. The normalized spacial score (nSPS) is 17.8. The number of nitrogens with one attached hydrogen (secondary N) is 1. The lowest BCUT2D eigenvalue weighted by Crippen LogP contribution is -2.38. The Balaban J connectivity index is 1.97. The van der Waals surface area contributed by atoms with Crippen molar-refractivity contribution in [3.8, 4) is 5.75 Å². The van der Waals surface area contributed by atoms with Crippen LogP contribution in [0, 0.1) is 5.82 Å². The van der Waals surface area contributed by atoms with E-state index in [4.69, 9.17) is 10.5 Å². The van der Waals surface area contributed by atoms with E-state index in [0.29, 0.717) is 17.1 Å². The van der Waals surface area contributed by atoms with E-state index >= 15 is 0 Å². The van der Waals surface area contributed by atoms with E-state index in [0.717, 1.165) is 19.6 Å². The topological polar surface area (TPSA) is 50.5 Å². The average molecular weight is 281 g/mol. The van der Waals surface area contributed by atoms with Crippen LogP contribution in [0.2, 0.25) is 0 Å². The number of nitrogen functional groups attached to an aromatic ring is 1. The van der Waals surface area contributed by atoms with E-state index in [1.54, 1.807) is 6.07 Å². The highest BCUT2D eigenvalue weighted by Crippen LogP contribution is 2.28. The molecule has 0 radical (unpaired) electrons. The molecule has 20 heavy (non-hydrogen) atoms. The van der Waals surface area contributed by atoms with E-state index in [-0.39, 0.29) is 11.9 Å². The minimum Gasteiger partial charge on any atom is -0.495 e. The van der Waals surface area contributed by atoms with Crippen molar-refractivity contribution < 1.29 is 9.13 Å². The number of hydrogen-bond acceptors (Lipinski definition) is 4. The molecule has 1 atom stereocenters. The van der Waals surface area contributed by atoms with Crippen LogP contribution in [0.3, 0.4) is 0 Å². The summed E-state index contributed by atoms with van der Waals surface area (Å²) < 4.78 is 19.0. The number of hydrogen-bond donors (Lipinski definition) is 2. The number of anilines is 2. The standard InChI is InChI=1S/C15H24FN3O/c1-11(10-19-6-4-3-5-7-19)18-14-9-15(20-2)13(17)8-12(14)16/h8-9,11,18H,3-7,10,17H2,1-2H3. The van der Waals surface area contributed by atoms with Crippen molar-refractivity contribution in [2.45, 2.75) is 32.2 Å². The van der Waals surface area contributed by atoms with E-state index in [1.807, 2.05) is 0 Å². The SMILES string of the molecule is COc1cc(NC(C)CN2CCCCC2)c(F)cc1N. The van der Waals surface area contributed by atoms with Gasteiger partial charge in [-0.25, -0.2) is 4.39 Å². The van der Waals surface area contributed by atoms with Gasteiger partial charge in [0.25, 0.3) is 0 Å². The number of ether oxygens (including phenoxy) is 1. The van der Waals surface area contributed by atoms with Gasteiger partial charge >= 0.3 is 0 Å². The summed E-state index contributed by atoms with van der Waals surface area (Å²) in [5.41, 5.74) is 6.44. The van der Waals surface area contributed by atoms with Gasteiger partial charge in [-0.15, -0.1) is 0 Å². The largest absolute Gasteiger partial charge is 0.495 e. The number of nitrogens with two attached hydrogens (primary N) is 1. The summed E-state index contributed by atoms with van der Waals surface area (Å²) in [6.07, 6.45) is 3.84. The van der Waals surface area contributed by atoms with Crippen LogP contribution in [0.25, 0.3) is 0 Å². The van der Waals surface area contributed by atoms with Crippen molar-refractivity contribution in [3.05, 3.63) is 17.9 Å². The minimum absolute atomic E-state index is 0.177. The fourth-order valence-electron chi connectivity index (χ4n) is 2.70. The molecular weight excluding hydrogens is 257 g/mol.